The second-order valence-corrected chi connectivity index (χ2v) is 7.20. The predicted octanol–water partition coefficient (Wildman–Crippen LogP) is 3.26. The predicted molar refractivity (Wildman–Crippen MR) is 70.3 cm³/mol. The number of sulfone groups is 1. The quantitative estimate of drug-likeness (QED) is 0.645. The molecule has 0 heterocycles. The van der Waals surface area contributed by atoms with Crippen LogP contribution < -0.4 is 0 Å². The molecule has 0 saturated carbocycles. The minimum Gasteiger partial charge on any atom is -0.229 e. The first-order valence-electron chi connectivity index (χ1n) is 5.71. The summed E-state index contributed by atoms with van der Waals surface area (Å²) in [6.45, 7) is 6.13. The van der Waals surface area contributed by atoms with E-state index in [9.17, 15) is 8.42 Å². The highest BCUT2D eigenvalue weighted by molar-refractivity contribution is 9.09. The fraction of sp³-hybridized carbons (Fsp3) is 1.00. The first-order chi connectivity index (χ1) is 6.95. The Hall–Kier alpha value is 0.430. The summed E-state index contributed by atoms with van der Waals surface area (Å²) in [4.78, 5) is 0. The zero-order chi connectivity index (χ0) is 11.9. The van der Waals surface area contributed by atoms with Crippen molar-refractivity contribution in [3.05, 3.63) is 0 Å². The molecular weight excluding hydrogens is 276 g/mol. The highest BCUT2D eigenvalue weighted by Gasteiger charge is 2.19. The van der Waals surface area contributed by atoms with E-state index in [0.29, 0.717) is 11.5 Å². The van der Waals surface area contributed by atoms with Crippen molar-refractivity contribution in [1.82, 2.24) is 0 Å². The van der Waals surface area contributed by atoms with E-state index in [1.165, 1.54) is 0 Å². The number of rotatable bonds is 8. The molecule has 0 aliphatic carbocycles. The van der Waals surface area contributed by atoms with Gasteiger partial charge in [-0.05, 0) is 18.3 Å². The van der Waals surface area contributed by atoms with Crippen LogP contribution in [0, 0.1) is 11.8 Å². The lowest BCUT2D eigenvalue weighted by atomic mass is 10.1. The van der Waals surface area contributed by atoms with E-state index in [1.54, 1.807) is 0 Å². The van der Waals surface area contributed by atoms with E-state index in [0.717, 1.165) is 24.6 Å². The third kappa shape index (κ3) is 7.34. The summed E-state index contributed by atoms with van der Waals surface area (Å²) in [5, 5.41) is 0.792. The second kappa shape index (κ2) is 7.66. The van der Waals surface area contributed by atoms with Crippen molar-refractivity contribution >= 4 is 25.8 Å². The molecule has 0 aliphatic heterocycles. The monoisotopic (exact) mass is 298 g/mol. The van der Waals surface area contributed by atoms with E-state index in [2.05, 4.69) is 22.9 Å². The maximum absolute atomic E-state index is 11.8. The molecule has 0 aromatic rings. The molecule has 0 amide bonds. The topological polar surface area (TPSA) is 34.1 Å². The van der Waals surface area contributed by atoms with Gasteiger partial charge in [0.05, 0.1) is 11.5 Å². The van der Waals surface area contributed by atoms with E-state index < -0.39 is 9.84 Å². The first-order valence-corrected chi connectivity index (χ1v) is 8.65. The van der Waals surface area contributed by atoms with Crippen LogP contribution in [0.2, 0.25) is 0 Å². The Bertz CT molecular complexity index is 249. The fourth-order valence-corrected chi connectivity index (χ4v) is 4.69. The number of hydrogen-bond donors (Lipinski definition) is 0. The summed E-state index contributed by atoms with van der Waals surface area (Å²) in [5.41, 5.74) is 0. The van der Waals surface area contributed by atoms with Gasteiger partial charge < -0.3 is 0 Å². The number of hydrogen-bond acceptors (Lipinski definition) is 2. The van der Waals surface area contributed by atoms with Crippen LogP contribution in [-0.4, -0.2) is 25.3 Å². The lowest BCUT2D eigenvalue weighted by Crippen LogP contribution is -2.23. The maximum Gasteiger partial charge on any atom is 0.150 e. The molecular formula is C11H23BrO2S. The van der Waals surface area contributed by atoms with Gasteiger partial charge in [0.15, 0.2) is 9.84 Å². The van der Waals surface area contributed by atoms with Crippen LogP contribution in [0.3, 0.4) is 0 Å². The summed E-state index contributed by atoms with van der Waals surface area (Å²) in [7, 11) is -2.86. The Kier molecular flexibility index (Phi) is 7.88. The largest absolute Gasteiger partial charge is 0.229 e. The van der Waals surface area contributed by atoms with E-state index in [-0.39, 0.29) is 11.8 Å². The van der Waals surface area contributed by atoms with E-state index in [1.807, 2.05) is 13.8 Å². The number of alkyl halides is 1. The van der Waals surface area contributed by atoms with Crippen molar-refractivity contribution in [2.24, 2.45) is 11.8 Å². The lowest BCUT2D eigenvalue weighted by Gasteiger charge is -2.15. The molecule has 0 N–H and O–H groups in total. The Balaban J connectivity index is 4.22. The van der Waals surface area contributed by atoms with Gasteiger partial charge in [0.1, 0.15) is 0 Å². The Morgan fingerprint density at radius 2 is 1.80 bits per heavy atom. The summed E-state index contributed by atoms with van der Waals surface area (Å²) < 4.78 is 23.6. The molecule has 0 aromatic heterocycles. The lowest BCUT2D eigenvalue weighted by molar-refractivity contribution is 0.535. The van der Waals surface area contributed by atoms with Crippen LogP contribution in [0.5, 0.6) is 0 Å². The molecule has 0 spiro atoms. The van der Waals surface area contributed by atoms with Gasteiger partial charge in [-0.25, -0.2) is 8.42 Å². The Morgan fingerprint density at radius 1 is 1.20 bits per heavy atom. The van der Waals surface area contributed by atoms with Gasteiger partial charge in [0.25, 0.3) is 0 Å². The summed E-state index contributed by atoms with van der Waals surface area (Å²) in [6, 6.07) is 0. The molecule has 4 heteroatoms. The van der Waals surface area contributed by atoms with Crippen molar-refractivity contribution in [2.75, 3.05) is 16.8 Å². The third-order valence-electron chi connectivity index (χ3n) is 2.64. The molecule has 0 bridgehead atoms. The van der Waals surface area contributed by atoms with Crippen LogP contribution in [0.25, 0.3) is 0 Å². The molecule has 0 saturated heterocycles. The minimum absolute atomic E-state index is 0.282. The van der Waals surface area contributed by atoms with Crippen LogP contribution in [0.15, 0.2) is 0 Å². The molecule has 0 radical (unpaired) electrons. The van der Waals surface area contributed by atoms with E-state index >= 15 is 0 Å². The average Bonchev–Trinajstić information content (AvgIpc) is 2.15. The molecule has 0 aromatic carbocycles. The van der Waals surface area contributed by atoms with Crippen molar-refractivity contribution in [1.29, 1.82) is 0 Å². The maximum atomic E-state index is 11.8. The molecule has 0 aliphatic rings. The SMILES string of the molecule is CCCC(CBr)CS(=O)(=O)CC(C)CC. The van der Waals surface area contributed by atoms with Gasteiger partial charge in [-0.2, -0.15) is 0 Å². The zero-order valence-corrected chi connectivity index (χ0v) is 12.4. The molecule has 2 atom stereocenters. The van der Waals surface area contributed by atoms with Crippen molar-refractivity contribution in [2.45, 2.75) is 40.0 Å². The normalized spacial score (nSPS) is 16.3. The smallest absolute Gasteiger partial charge is 0.150 e. The summed E-state index contributed by atoms with van der Waals surface area (Å²) in [5.74, 6) is 1.25. The molecule has 2 unspecified atom stereocenters. The van der Waals surface area contributed by atoms with Gasteiger partial charge >= 0.3 is 0 Å². The highest BCUT2D eigenvalue weighted by atomic mass is 79.9. The van der Waals surface area contributed by atoms with Crippen molar-refractivity contribution in [3.8, 4) is 0 Å². The average molecular weight is 299 g/mol. The second-order valence-electron chi connectivity index (χ2n) is 4.40. The van der Waals surface area contributed by atoms with Crippen molar-refractivity contribution < 1.29 is 8.42 Å². The van der Waals surface area contributed by atoms with Crippen LogP contribution in [0.1, 0.15) is 40.0 Å². The Morgan fingerprint density at radius 3 is 2.20 bits per heavy atom. The number of halogens is 1. The van der Waals surface area contributed by atoms with Gasteiger partial charge in [-0.15, -0.1) is 0 Å². The summed E-state index contributed by atoms with van der Waals surface area (Å²) in [6.07, 6.45) is 2.98. The minimum atomic E-state index is -2.86. The van der Waals surface area contributed by atoms with Crippen molar-refractivity contribution in [3.63, 3.8) is 0 Å². The molecule has 0 rings (SSSR count). The van der Waals surface area contributed by atoms with Gasteiger partial charge in [0, 0.05) is 5.33 Å². The molecule has 0 fully saturated rings. The molecule has 15 heavy (non-hydrogen) atoms. The third-order valence-corrected chi connectivity index (χ3v) is 5.61. The van der Waals surface area contributed by atoms with E-state index in [4.69, 9.17) is 0 Å². The molecule has 92 valence electrons. The van der Waals surface area contributed by atoms with Gasteiger partial charge in [-0.3, -0.25) is 0 Å². The van der Waals surface area contributed by atoms with Gasteiger partial charge in [-0.1, -0.05) is 49.5 Å². The van der Waals surface area contributed by atoms with Gasteiger partial charge in [0.2, 0.25) is 0 Å². The first kappa shape index (κ1) is 15.4. The summed E-state index contributed by atoms with van der Waals surface area (Å²) >= 11 is 3.39. The Labute approximate surface area is 103 Å². The standard InChI is InChI=1S/C11H23BrO2S/c1-4-6-11(7-12)9-15(13,14)8-10(3)5-2/h10-11H,4-9H2,1-3H3. The highest BCUT2D eigenvalue weighted by Crippen LogP contribution is 2.15. The van der Waals surface area contributed by atoms with Crippen LogP contribution in [-0.2, 0) is 9.84 Å². The van der Waals surface area contributed by atoms with Crippen LogP contribution >= 0.6 is 15.9 Å². The fourth-order valence-electron chi connectivity index (χ4n) is 1.59. The molecule has 2 nitrogen and oxygen atoms in total. The van der Waals surface area contributed by atoms with Crippen LogP contribution in [0.4, 0.5) is 0 Å². The zero-order valence-electron chi connectivity index (χ0n) is 10.0.